The van der Waals surface area contributed by atoms with Crippen LogP contribution in [0.4, 0.5) is 0 Å². The summed E-state index contributed by atoms with van der Waals surface area (Å²) < 4.78 is 9.98. The number of rotatable bonds is 3. The fraction of sp³-hybridized carbons (Fsp3) is 0.900. The van der Waals surface area contributed by atoms with E-state index in [2.05, 4.69) is 16.6 Å². The van der Waals surface area contributed by atoms with Crippen molar-refractivity contribution in [3.05, 3.63) is 0 Å². The van der Waals surface area contributed by atoms with Crippen LogP contribution in [0.25, 0.3) is 0 Å². The zero-order valence-corrected chi connectivity index (χ0v) is 9.16. The molecule has 0 saturated carbocycles. The van der Waals surface area contributed by atoms with Gasteiger partial charge in [-0.25, -0.2) is 0 Å². The standard InChI is InChI=1S/C10H19NO3/c1-8-4-5-11(6-9(8)13-2)7-10(12)14-3/h8-9H,4-7H2,1-3H3. The van der Waals surface area contributed by atoms with Gasteiger partial charge in [0, 0.05) is 13.7 Å². The lowest BCUT2D eigenvalue weighted by molar-refractivity contribution is -0.143. The Kier molecular flexibility index (Phi) is 4.35. The van der Waals surface area contributed by atoms with E-state index in [-0.39, 0.29) is 12.1 Å². The van der Waals surface area contributed by atoms with Crippen molar-refractivity contribution in [2.75, 3.05) is 33.9 Å². The van der Waals surface area contributed by atoms with Gasteiger partial charge in [0.15, 0.2) is 0 Å². The van der Waals surface area contributed by atoms with Crippen molar-refractivity contribution in [1.82, 2.24) is 4.90 Å². The SMILES string of the molecule is COC(=O)CN1CCC(C)C(OC)C1. The van der Waals surface area contributed by atoms with E-state index in [1.54, 1.807) is 7.11 Å². The molecule has 0 spiro atoms. The second kappa shape index (κ2) is 5.32. The maximum Gasteiger partial charge on any atom is 0.319 e. The largest absolute Gasteiger partial charge is 0.468 e. The predicted molar refractivity (Wildman–Crippen MR) is 53.0 cm³/mol. The van der Waals surface area contributed by atoms with E-state index in [4.69, 9.17) is 4.74 Å². The average molecular weight is 201 g/mol. The number of nitrogens with zero attached hydrogens (tertiary/aromatic N) is 1. The predicted octanol–water partition coefficient (Wildman–Crippen LogP) is 0.516. The first kappa shape index (κ1) is 11.5. The summed E-state index contributed by atoms with van der Waals surface area (Å²) >= 11 is 0. The molecule has 1 aliphatic rings. The maximum atomic E-state index is 11.1. The fourth-order valence-corrected chi connectivity index (χ4v) is 1.80. The molecule has 0 radical (unpaired) electrons. The van der Waals surface area contributed by atoms with E-state index in [1.165, 1.54) is 7.11 Å². The zero-order chi connectivity index (χ0) is 10.6. The summed E-state index contributed by atoms with van der Waals surface area (Å²) in [6.45, 7) is 4.34. The van der Waals surface area contributed by atoms with E-state index < -0.39 is 0 Å². The van der Waals surface area contributed by atoms with Gasteiger partial charge in [-0.15, -0.1) is 0 Å². The summed E-state index contributed by atoms with van der Waals surface area (Å²) in [5, 5.41) is 0. The summed E-state index contributed by atoms with van der Waals surface area (Å²) in [6.07, 6.45) is 1.32. The molecule has 0 aliphatic carbocycles. The van der Waals surface area contributed by atoms with Crippen LogP contribution >= 0.6 is 0 Å². The highest BCUT2D eigenvalue weighted by Gasteiger charge is 2.26. The molecule has 0 amide bonds. The summed E-state index contributed by atoms with van der Waals surface area (Å²) in [4.78, 5) is 13.1. The highest BCUT2D eigenvalue weighted by atomic mass is 16.5. The molecule has 1 fully saturated rings. The first-order valence-corrected chi connectivity index (χ1v) is 4.99. The maximum absolute atomic E-state index is 11.1. The Morgan fingerprint density at radius 3 is 2.79 bits per heavy atom. The monoisotopic (exact) mass is 201 g/mol. The van der Waals surface area contributed by atoms with Gasteiger partial charge in [-0.05, 0) is 18.9 Å². The molecule has 1 heterocycles. The first-order valence-electron chi connectivity index (χ1n) is 4.99. The van der Waals surface area contributed by atoms with Gasteiger partial charge in [-0.3, -0.25) is 9.69 Å². The number of hydrogen-bond donors (Lipinski definition) is 0. The molecule has 1 aliphatic heterocycles. The lowest BCUT2D eigenvalue weighted by Gasteiger charge is -2.35. The van der Waals surface area contributed by atoms with Crippen LogP contribution in [0.2, 0.25) is 0 Å². The molecule has 0 bridgehead atoms. The Balaban J connectivity index is 2.38. The topological polar surface area (TPSA) is 38.8 Å². The molecule has 82 valence electrons. The van der Waals surface area contributed by atoms with Crippen molar-refractivity contribution in [3.63, 3.8) is 0 Å². The minimum atomic E-state index is -0.172. The number of hydrogen-bond acceptors (Lipinski definition) is 4. The Morgan fingerprint density at radius 1 is 1.50 bits per heavy atom. The molecule has 0 aromatic carbocycles. The minimum absolute atomic E-state index is 0.172. The molecule has 4 heteroatoms. The Bertz CT molecular complexity index is 196. The quantitative estimate of drug-likeness (QED) is 0.624. The van der Waals surface area contributed by atoms with E-state index >= 15 is 0 Å². The van der Waals surface area contributed by atoms with Gasteiger partial charge in [0.1, 0.15) is 0 Å². The number of carbonyl (C=O) groups is 1. The zero-order valence-electron chi connectivity index (χ0n) is 9.16. The van der Waals surface area contributed by atoms with Crippen LogP contribution in [0, 0.1) is 5.92 Å². The Morgan fingerprint density at radius 2 is 2.21 bits per heavy atom. The normalized spacial score (nSPS) is 28.8. The molecule has 4 nitrogen and oxygen atoms in total. The number of piperidine rings is 1. The number of methoxy groups -OCH3 is 2. The number of carbonyl (C=O) groups excluding carboxylic acids is 1. The van der Waals surface area contributed by atoms with Crippen molar-refractivity contribution in [3.8, 4) is 0 Å². The fourth-order valence-electron chi connectivity index (χ4n) is 1.80. The van der Waals surface area contributed by atoms with Crippen LogP contribution in [-0.4, -0.2) is 50.8 Å². The van der Waals surface area contributed by atoms with Crippen LogP contribution in [0.15, 0.2) is 0 Å². The van der Waals surface area contributed by atoms with Gasteiger partial charge >= 0.3 is 5.97 Å². The lowest BCUT2D eigenvalue weighted by atomic mass is 9.96. The second-order valence-electron chi connectivity index (χ2n) is 3.85. The number of esters is 1. The third kappa shape index (κ3) is 2.96. The molecule has 14 heavy (non-hydrogen) atoms. The summed E-state index contributed by atoms with van der Waals surface area (Å²) in [7, 11) is 3.14. The van der Waals surface area contributed by atoms with E-state index in [0.29, 0.717) is 12.5 Å². The van der Waals surface area contributed by atoms with E-state index in [9.17, 15) is 4.79 Å². The molecule has 2 unspecified atom stereocenters. The number of ether oxygens (including phenoxy) is 2. The van der Waals surface area contributed by atoms with Gasteiger partial charge in [0.25, 0.3) is 0 Å². The van der Waals surface area contributed by atoms with Gasteiger partial charge in [0.05, 0.1) is 19.8 Å². The highest BCUT2D eigenvalue weighted by molar-refractivity contribution is 5.71. The number of likely N-dealkylation sites (tertiary alicyclic amines) is 1. The smallest absolute Gasteiger partial charge is 0.319 e. The Labute approximate surface area is 85.2 Å². The van der Waals surface area contributed by atoms with Crippen molar-refractivity contribution >= 4 is 5.97 Å². The van der Waals surface area contributed by atoms with Gasteiger partial charge in [-0.2, -0.15) is 0 Å². The summed E-state index contributed by atoms with van der Waals surface area (Å²) in [6, 6.07) is 0. The van der Waals surface area contributed by atoms with E-state index in [1.807, 2.05) is 0 Å². The minimum Gasteiger partial charge on any atom is -0.468 e. The van der Waals surface area contributed by atoms with Crippen molar-refractivity contribution in [1.29, 1.82) is 0 Å². The third-order valence-corrected chi connectivity index (χ3v) is 2.86. The molecule has 0 N–H and O–H groups in total. The van der Waals surface area contributed by atoms with Gasteiger partial charge in [0.2, 0.25) is 0 Å². The summed E-state index contributed by atoms with van der Waals surface area (Å²) in [5.74, 6) is 0.406. The van der Waals surface area contributed by atoms with Gasteiger partial charge in [-0.1, -0.05) is 6.92 Å². The molecule has 0 aromatic rings. The average Bonchev–Trinajstić information content (AvgIpc) is 2.20. The van der Waals surface area contributed by atoms with Crippen molar-refractivity contribution in [2.24, 2.45) is 5.92 Å². The van der Waals surface area contributed by atoms with Crippen LogP contribution < -0.4 is 0 Å². The summed E-state index contributed by atoms with van der Waals surface area (Å²) in [5.41, 5.74) is 0. The third-order valence-electron chi connectivity index (χ3n) is 2.86. The first-order chi connectivity index (χ1) is 6.67. The van der Waals surface area contributed by atoms with Crippen LogP contribution in [0.5, 0.6) is 0 Å². The van der Waals surface area contributed by atoms with Crippen molar-refractivity contribution < 1.29 is 14.3 Å². The molecule has 0 aromatic heterocycles. The van der Waals surface area contributed by atoms with Gasteiger partial charge < -0.3 is 9.47 Å². The van der Waals surface area contributed by atoms with E-state index in [0.717, 1.165) is 19.5 Å². The highest BCUT2D eigenvalue weighted by Crippen LogP contribution is 2.18. The molecular weight excluding hydrogens is 182 g/mol. The van der Waals surface area contributed by atoms with Crippen LogP contribution in [-0.2, 0) is 14.3 Å². The molecule has 1 rings (SSSR count). The van der Waals surface area contributed by atoms with Crippen LogP contribution in [0.1, 0.15) is 13.3 Å². The van der Waals surface area contributed by atoms with Crippen molar-refractivity contribution in [2.45, 2.75) is 19.4 Å². The Hall–Kier alpha value is -0.610. The molecular formula is C10H19NO3. The van der Waals surface area contributed by atoms with Crippen LogP contribution in [0.3, 0.4) is 0 Å². The lowest BCUT2D eigenvalue weighted by Crippen LogP contribution is -2.45. The molecule has 2 atom stereocenters. The second-order valence-corrected chi connectivity index (χ2v) is 3.85. The molecule has 1 saturated heterocycles.